The first-order valence-corrected chi connectivity index (χ1v) is 8.55. The number of carbonyl (C=O) groups is 2. The highest BCUT2D eigenvalue weighted by atomic mass is 32.2. The van der Waals surface area contributed by atoms with E-state index < -0.39 is 0 Å². The summed E-state index contributed by atoms with van der Waals surface area (Å²) in [5, 5.41) is 14.3. The van der Waals surface area contributed by atoms with Crippen LogP contribution >= 0.6 is 23.1 Å². The molecule has 9 heteroatoms. The third-order valence-corrected chi connectivity index (χ3v) is 4.84. The van der Waals surface area contributed by atoms with Crippen LogP contribution in [-0.2, 0) is 4.79 Å². The minimum absolute atomic E-state index is 0.0740. The van der Waals surface area contributed by atoms with Crippen molar-refractivity contribution in [3.05, 3.63) is 29.8 Å². The van der Waals surface area contributed by atoms with Crippen molar-refractivity contribution in [3.63, 3.8) is 0 Å². The standard InChI is InChI=1S/C14H17N5O2S2/c1-15-13-17-18-14(23-13)22-8-11(20)16-10-6-4-9(5-7-10)12(21)19(2)3/h4-7H,8H2,1-3H3,(H,15,17)(H,16,20). The molecule has 2 amide bonds. The number of carbonyl (C=O) groups excluding carboxylic acids is 2. The van der Waals surface area contributed by atoms with Gasteiger partial charge in [0.1, 0.15) is 0 Å². The van der Waals surface area contributed by atoms with Crippen LogP contribution in [0, 0.1) is 0 Å². The molecule has 0 saturated heterocycles. The van der Waals surface area contributed by atoms with E-state index in [0.717, 1.165) is 4.34 Å². The summed E-state index contributed by atoms with van der Waals surface area (Å²) in [4.78, 5) is 25.2. The topological polar surface area (TPSA) is 87.2 Å². The Hall–Kier alpha value is -2.13. The third-order valence-electron chi connectivity index (χ3n) is 2.77. The van der Waals surface area contributed by atoms with Crippen LogP contribution in [0.15, 0.2) is 28.6 Å². The second kappa shape index (κ2) is 7.93. The van der Waals surface area contributed by atoms with Gasteiger partial charge in [-0.15, -0.1) is 10.2 Å². The van der Waals surface area contributed by atoms with E-state index in [1.165, 1.54) is 28.0 Å². The molecule has 2 N–H and O–H groups in total. The van der Waals surface area contributed by atoms with Crippen LogP contribution < -0.4 is 10.6 Å². The third kappa shape index (κ3) is 4.93. The lowest BCUT2D eigenvalue weighted by atomic mass is 10.2. The quantitative estimate of drug-likeness (QED) is 0.774. The summed E-state index contributed by atoms with van der Waals surface area (Å²) in [5.74, 6) is 0.0365. The van der Waals surface area contributed by atoms with Gasteiger partial charge in [0, 0.05) is 32.4 Å². The maximum Gasteiger partial charge on any atom is 0.253 e. The number of benzene rings is 1. The van der Waals surface area contributed by atoms with Crippen molar-refractivity contribution in [2.24, 2.45) is 0 Å². The van der Waals surface area contributed by atoms with Crippen LogP contribution in [-0.4, -0.2) is 53.8 Å². The largest absolute Gasteiger partial charge is 0.363 e. The average molecular weight is 351 g/mol. The number of hydrogen-bond acceptors (Lipinski definition) is 7. The van der Waals surface area contributed by atoms with E-state index in [4.69, 9.17) is 0 Å². The van der Waals surface area contributed by atoms with Crippen molar-refractivity contribution in [1.29, 1.82) is 0 Å². The van der Waals surface area contributed by atoms with Gasteiger partial charge < -0.3 is 15.5 Å². The molecule has 0 unspecified atom stereocenters. The van der Waals surface area contributed by atoms with Gasteiger partial charge in [-0.3, -0.25) is 9.59 Å². The van der Waals surface area contributed by atoms with Crippen LogP contribution in [0.1, 0.15) is 10.4 Å². The monoisotopic (exact) mass is 351 g/mol. The van der Waals surface area contributed by atoms with Crippen LogP contribution in [0.3, 0.4) is 0 Å². The normalized spacial score (nSPS) is 10.2. The first kappa shape index (κ1) is 17.2. The summed E-state index contributed by atoms with van der Waals surface area (Å²) < 4.78 is 0.733. The van der Waals surface area contributed by atoms with Crippen LogP contribution in [0.5, 0.6) is 0 Å². The molecule has 0 bridgehead atoms. The maximum absolute atomic E-state index is 11.9. The summed E-state index contributed by atoms with van der Waals surface area (Å²) in [6.07, 6.45) is 0. The zero-order valence-electron chi connectivity index (χ0n) is 13.0. The summed E-state index contributed by atoms with van der Waals surface area (Å²) >= 11 is 2.72. The molecule has 122 valence electrons. The fourth-order valence-electron chi connectivity index (χ4n) is 1.65. The van der Waals surface area contributed by atoms with Crippen LogP contribution in [0.2, 0.25) is 0 Å². The van der Waals surface area contributed by atoms with E-state index in [2.05, 4.69) is 20.8 Å². The number of rotatable bonds is 6. The van der Waals surface area contributed by atoms with Gasteiger partial charge in [-0.1, -0.05) is 23.1 Å². The van der Waals surface area contributed by atoms with Gasteiger partial charge in [-0.25, -0.2) is 0 Å². The molecular formula is C14H17N5O2S2. The smallest absolute Gasteiger partial charge is 0.253 e. The molecule has 0 saturated carbocycles. The Kier molecular flexibility index (Phi) is 5.94. The molecule has 0 atom stereocenters. The fourth-order valence-corrected chi connectivity index (χ4v) is 3.15. The predicted molar refractivity (Wildman–Crippen MR) is 93.3 cm³/mol. The van der Waals surface area contributed by atoms with Gasteiger partial charge in [0.05, 0.1) is 5.75 Å². The van der Waals surface area contributed by atoms with Gasteiger partial charge in [-0.2, -0.15) is 0 Å². The summed E-state index contributed by atoms with van der Waals surface area (Å²) in [6, 6.07) is 6.80. The lowest BCUT2D eigenvalue weighted by Crippen LogP contribution is -2.21. The van der Waals surface area contributed by atoms with Crippen LogP contribution in [0.4, 0.5) is 10.8 Å². The van der Waals surface area contributed by atoms with Gasteiger partial charge >= 0.3 is 0 Å². The summed E-state index contributed by atoms with van der Waals surface area (Å²) in [6.45, 7) is 0. The second-order valence-electron chi connectivity index (χ2n) is 4.74. The Balaban J connectivity index is 1.86. The lowest BCUT2D eigenvalue weighted by Gasteiger charge is -2.10. The van der Waals surface area contributed by atoms with Gasteiger partial charge in [-0.05, 0) is 24.3 Å². The Labute approximate surface area is 142 Å². The van der Waals surface area contributed by atoms with Crippen molar-refractivity contribution >= 4 is 45.7 Å². The minimum atomic E-state index is -0.136. The van der Waals surface area contributed by atoms with Crippen LogP contribution in [0.25, 0.3) is 0 Å². The Morgan fingerprint density at radius 1 is 1.22 bits per heavy atom. The highest BCUT2D eigenvalue weighted by Gasteiger charge is 2.10. The van der Waals surface area contributed by atoms with Crippen molar-refractivity contribution < 1.29 is 9.59 Å². The van der Waals surface area contributed by atoms with Crippen molar-refractivity contribution in [3.8, 4) is 0 Å². The molecule has 0 aliphatic rings. The zero-order chi connectivity index (χ0) is 16.8. The van der Waals surface area contributed by atoms with Gasteiger partial charge in [0.15, 0.2) is 4.34 Å². The number of amides is 2. The molecule has 0 aliphatic carbocycles. The van der Waals surface area contributed by atoms with Crippen molar-refractivity contribution in [2.75, 3.05) is 37.5 Å². The molecular weight excluding hydrogens is 334 g/mol. The van der Waals surface area contributed by atoms with E-state index in [1.807, 2.05) is 0 Å². The molecule has 2 aromatic rings. The highest BCUT2D eigenvalue weighted by molar-refractivity contribution is 8.01. The lowest BCUT2D eigenvalue weighted by molar-refractivity contribution is -0.113. The number of thioether (sulfide) groups is 1. The van der Waals surface area contributed by atoms with E-state index in [9.17, 15) is 9.59 Å². The van der Waals surface area contributed by atoms with Gasteiger partial charge in [0.25, 0.3) is 5.91 Å². The molecule has 1 aromatic carbocycles. The molecule has 2 rings (SSSR count). The summed E-state index contributed by atoms with van der Waals surface area (Å²) in [7, 11) is 5.16. The van der Waals surface area contributed by atoms with E-state index in [0.29, 0.717) is 16.4 Å². The zero-order valence-corrected chi connectivity index (χ0v) is 14.6. The first-order chi connectivity index (χ1) is 11.0. The van der Waals surface area contributed by atoms with E-state index in [1.54, 1.807) is 45.4 Å². The van der Waals surface area contributed by atoms with E-state index >= 15 is 0 Å². The molecule has 23 heavy (non-hydrogen) atoms. The number of nitrogens with zero attached hydrogens (tertiary/aromatic N) is 3. The van der Waals surface area contributed by atoms with Crippen molar-refractivity contribution in [2.45, 2.75) is 4.34 Å². The molecule has 0 spiro atoms. The number of nitrogens with one attached hydrogen (secondary N) is 2. The Morgan fingerprint density at radius 3 is 2.48 bits per heavy atom. The molecule has 7 nitrogen and oxygen atoms in total. The molecule has 0 fully saturated rings. The summed E-state index contributed by atoms with van der Waals surface area (Å²) in [5.41, 5.74) is 1.23. The predicted octanol–water partition coefficient (Wildman–Crippen LogP) is 2.01. The minimum Gasteiger partial charge on any atom is -0.363 e. The molecule has 0 radical (unpaired) electrons. The average Bonchev–Trinajstić information content (AvgIpc) is 3.01. The molecule has 1 heterocycles. The highest BCUT2D eigenvalue weighted by Crippen LogP contribution is 2.25. The number of hydrogen-bond donors (Lipinski definition) is 2. The molecule has 1 aromatic heterocycles. The number of aromatic nitrogens is 2. The SMILES string of the molecule is CNc1nnc(SCC(=O)Nc2ccc(C(=O)N(C)C)cc2)s1. The maximum atomic E-state index is 11.9. The first-order valence-electron chi connectivity index (χ1n) is 6.75. The molecule has 0 aliphatic heterocycles. The Morgan fingerprint density at radius 2 is 1.91 bits per heavy atom. The second-order valence-corrected chi connectivity index (χ2v) is 6.94. The van der Waals surface area contributed by atoms with E-state index in [-0.39, 0.29) is 17.6 Å². The van der Waals surface area contributed by atoms with Gasteiger partial charge in [0.2, 0.25) is 11.0 Å². The number of anilines is 2. The fraction of sp³-hybridized carbons (Fsp3) is 0.286. The Bertz CT molecular complexity index is 685. The van der Waals surface area contributed by atoms with Crippen molar-refractivity contribution in [1.82, 2.24) is 15.1 Å².